The summed E-state index contributed by atoms with van der Waals surface area (Å²) in [6.45, 7) is 4.82. The van der Waals surface area contributed by atoms with Crippen LogP contribution >= 0.6 is 7.82 Å². The molecule has 0 bridgehead atoms. The molecule has 0 aliphatic carbocycles. The highest BCUT2D eigenvalue weighted by Crippen LogP contribution is 2.38. The maximum Gasteiger partial charge on any atom is 0.268 e. The molecule has 0 aliphatic heterocycles. The maximum absolute atomic E-state index is 13.1. The van der Waals surface area contributed by atoms with Gasteiger partial charge in [0.2, 0.25) is 5.91 Å². The predicted molar refractivity (Wildman–Crippen MR) is 418 cm³/mol. The number of nitrogens with zero attached hydrogens (tertiary/aromatic N) is 1. The molecule has 2 N–H and O–H groups in total. The van der Waals surface area contributed by atoms with Crippen LogP contribution in [0.3, 0.4) is 0 Å². The van der Waals surface area contributed by atoms with E-state index in [-0.39, 0.29) is 19.1 Å². The van der Waals surface area contributed by atoms with E-state index in [2.05, 4.69) is 19.2 Å². The summed E-state index contributed by atoms with van der Waals surface area (Å²) >= 11 is 0. The van der Waals surface area contributed by atoms with Crippen molar-refractivity contribution >= 4 is 13.7 Å². The van der Waals surface area contributed by atoms with Crippen molar-refractivity contribution in [2.45, 2.75) is 508 Å². The third-order valence-electron chi connectivity index (χ3n) is 21.1. The Bertz CT molecular complexity index is 1510. The smallest absolute Gasteiger partial charge is 0.268 e. The number of hydrogen-bond acceptors (Lipinski definition) is 6. The van der Waals surface area contributed by atoms with Crippen molar-refractivity contribution in [2.24, 2.45) is 0 Å². The van der Waals surface area contributed by atoms with Crippen molar-refractivity contribution in [1.29, 1.82) is 0 Å². The highest BCUT2D eigenvalue weighted by molar-refractivity contribution is 7.45. The molecule has 0 radical (unpaired) electrons. The molecule has 0 heterocycles. The van der Waals surface area contributed by atoms with Gasteiger partial charge in [-0.2, -0.15) is 0 Å². The van der Waals surface area contributed by atoms with Crippen molar-refractivity contribution in [2.75, 3.05) is 40.9 Å². The first kappa shape index (κ1) is 94.5. The van der Waals surface area contributed by atoms with Gasteiger partial charge in [-0.15, -0.1) is 0 Å². The molecule has 95 heavy (non-hydrogen) atoms. The number of rotatable bonds is 84. The number of aliphatic hydroxyl groups is 1. The van der Waals surface area contributed by atoms with Crippen LogP contribution in [0.2, 0.25) is 0 Å². The van der Waals surface area contributed by atoms with Gasteiger partial charge in [-0.05, 0) is 12.8 Å². The fraction of sp³-hybridized carbons (Fsp3) is 0.988. The summed E-state index contributed by atoms with van der Waals surface area (Å²) in [7, 11) is 1.34. The number of carbonyl (C=O) groups excluding carboxylic acids is 1. The standard InChI is InChI=1S/C86H175N2O6P/c1-6-8-10-12-14-16-18-20-22-24-26-28-30-32-34-36-38-40-41-42-43-44-45-46-47-48-50-52-54-56-58-60-62-64-66-68-70-72-74-76-78-80-86(90)87-84(83-94-95(91,92)93-82-81-88(3,4)5)85(89)79-77-75-73-71-69-67-65-63-61-59-57-55-53-51-49-39-37-35-33-31-29-27-25-23-21-19-17-15-13-11-9-7-2/h84-85,89H,6-83H2,1-5H3,(H-,87,90,91,92). The molecule has 3 atom stereocenters. The molecule has 1 amide bonds. The molecule has 8 nitrogen and oxygen atoms in total. The van der Waals surface area contributed by atoms with E-state index in [0.717, 1.165) is 38.5 Å². The Morgan fingerprint density at radius 2 is 0.516 bits per heavy atom. The Balaban J connectivity index is 3.82. The second-order valence-corrected chi connectivity index (χ2v) is 33.4. The van der Waals surface area contributed by atoms with Crippen molar-refractivity contribution in [1.82, 2.24) is 5.32 Å². The van der Waals surface area contributed by atoms with Crippen LogP contribution in [0.15, 0.2) is 0 Å². The molecule has 0 aliphatic rings. The van der Waals surface area contributed by atoms with Crippen LogP contribution in [-0.4, -0.2) is 68.5 Å². The minimum atomic E-state index is -4.58. The average molecular weight is 1360 g/mol. The summed E-state index contributed by atoms with van der Waals surface area (Å²) in [5.41, 5.74) is 0. The van der Waals surface area contributed by atoms with Crippen LogP contribution in [0.1, 0.15) is 495 Å². The number of phosphoric ester groups is 1. The third kappa shape index (κ3) is 80.7. The number of quaternary nitrogens is 1. The second-order valence-electron chi connectivity index (χ2n) is 32.0. The molecule has 570 valence electrons. The van der Waals surface area contributed by atoms with Gasteiger partial charge in [0, 0.05) is 6.42 Å². The second kappa shape index (κ2) is 77.7. The van der Waals surface area contributed by atoms with Crippen LogP contribution in [0.4, 0.5) is 0 Å². The molecule has 3 unspecified atom stereocenters. The number of amides is 1. The van der Waals surface area contributed by atoms with E-state index in [9.17, 15) is 19.4 Å². The lowest BCUT2D eigenvalue weighted by atomic mass is 10.0. The molecule has 0 saturated carbocycles. The van der Waals surface area contributed by atoms with Crippen LogP contribution in [-0.2, 0) is 18.4 Å². The van der Waals surface area contributed by atoms with Gasteiger partial charge in [-0.25, -0.2) is 0 Å². The monoisotopic (exact) mass is 1360 g/mol. The fourth-order valence-electron chi connectivity index (χ4n) is 14.3. The number of phosphoric acid groups is 1. The van der Waals surface area contributed by atoms with Crippen LogP contribution in [0, 0.1) is 0 Å². The number of unbranched alkanes of at least 4 members (excludes halogenated alkanes) is 71. The first-order valence-corrected chi connectivity index (χ1v) is 45.3. The minimum absolute atomic E-state index is 0.0172. The summed E-state index contributed by atoms with van der Waals surface area (Å²) in [5, 5.41) is 14.2. The number of aliphatic hydroxyl groups excluding tert-OH is 1. The van der Waals surface area contributed by atoms with E-state index in [1.165, 1.54) is 430 Å². The Morgan fingerprint density at radius 3 is 0.716 bits per heavy atom. The number of hydrogen-bond donors (Lipinski definition) is 2. The lowest BCUT2D eigenvalue weighted by Gasteiger charge is -2.30. The molecule has 0 saturated heterocycles. The molecule has 9 heteroatoms. The molecule has 0 fully saturated rings. The Labute approximate surface area is 597 Å². The van der Waals surface area contributed by atoms with Crippen molar-refractivity contribution in [3.63, 3.8) is 0 Å². The summed E-state index contributed by atoms with van der Waals surface area (Å²) in [5.74, 6) is -0.151. The Morgan fingerprint density at radius 1 is 0.326 bits per heavy atom. The minimum Gasteiger partial charge on any atom is -0.756 e. The van der Waals surface area contributed by atoms with Gasteiger partial charge in [0.15, 0.2) is 0 Å². The summed E-state index contributed by atoms with van der Waals surface area (Å²) in [4.78, 5) is 25.8. The van der Waals surface area contributed by atoms with Crippen LogP contribution in [0.5, 0.6) is 0 Å². The lowest BCUT2D eigenvalue weighted by molar-refractivity contribution is -0.870. The van der Waals surface area contributed by atoms with E-state index in [4.69, 9.17) is 9.05 Å². The first-order valence-electron chi connectivity index (χ1n) is 43.9. The quantitative estimate of drug-likeness (QED) is 0.0357. The van der Waals surface area contributed by atoms with Gasteiger partial charge in [-0.1, -0.05) is 476 Å². The summed E-state index contributed by atoms with van der Waals surface area (Å²) in [6.07, 6.45) is 101. The zero-order valence-corrected chi connectivity index (χ0v) is 66.6. The maximum atomic E-state index is 13.1. The van der Waals surface area contributed by atoms with Gasteiger partial charge in [0.1, 0.15) is 13.2 Å². The molecule has 0 rings (SSSR count). The van der Waals surface area contributed by atoms with E-state index >= 15 is 0 Å². The van der Waals surface area contributed by atoms with Crippen LogP contribution in [0.25, 0.3) is 0 Å². The third-order valence-corrected chi connectivity index (χ3v) is 22.1. The first-order chi connectivity index (χ1) is 46.5. The van der Waals surface area contributed by atoms with Crippen molar-refractivity contribution in [3.8, 4) is 0 Å². The molecule has 0 aromatic heterocycles. The highest BCUT2D eigenvalue weighted by Gasteiger charge is 2.24. The number of nitrogens with one attached hydrogen (secondary N) is 1. The number of carbonyl (C=O) groups is 1. The molecular formula is C86H175N2O6P. The lowest BCUT2D eigenvalue weighted by Crippen LogP contribution is -2.46. The highest BCUT2D eigenvalue weighted by atomic mass is 31.2. The topological polar surface area (TPSA) is 108 Å². The average Bonchev–Trinajstić information content (AvgIpc) is 2.01. The molecule has 0 spiro atoms. The molecular weight excluding hydrogens is 1190 g/mol. The Kier molecular flexibility index (Phi) is 77.2. The van der Waals surface area contributed by atoms with Gasteiger partial charge in [0.05, 0.1) is 39.9 Å². The van der Waals surface area contributed by atoms with E-state index < -0.39 is 20.0 Å². The van der Waals surface area contributed by atoms with Gasteiger partial charge < -0.3 is 28.8 Å². The Hall–Kier alpha value is -0.500. The summed E-state index contributed by atoms with van der Waals surface area (Å²) in [6, 6.07) is -0.798. The van der Waals surface area contributed by atoms with Gasteiger partial charge in [-0.3, -0.25) is 9.36 Å². The van der Waals surface area contributed by atoms with Gasteiger partial charge >= 0.3 is 0 Å². The van der Waals surface area contributed by atoms with E-state index in [0.29, 0.717) is 23.9 Å². The van der Waals surface area contributed by atoms with Crippen LogP contribution < -0.4 is 10.2 Å². The van der Waals surface area contributed by atoms with Crippen molar-refractivity contribution in [3.05, 3.63) is 0 Å². The van der Waals surface area contributed by atoms with E-state index in [1.807, 2.05) is 21.1 Å². The fourth-order valence-corrected chi connectivity index (χ4v) is 15.1. The largest absolute Gasteiger partial charge is 0.756 e. The molecule has 0 aromatic carbocycles. The zero-order valence-electron chi connectivity index (χ0n) is 65.7. The summed E-state index contributed by atoms with van der Waals surface area (Å²) < 4.78 is 23.6. The van der Waals surface area contributed by atoms with Gasteiger partial charge in [0.25, 0.3) is 7.82 Å². The zero-order chi connectivity index (χ0) is 69.0. The van der Waals surface area contributed by atoms with Crippen molar-refractivity contribution < 1.29 is 32.9 Å². The predicted octanol–water partition coefficient (Wildman–Crippen LogP) is 28.3. The van der Waals surface area contributed by atoms with E-state index in [1.54, 1.807) is 0 Å². The SMILES string of the molecule is CCCCCCCCCCCCCCCCCCCCCCCCCCCCCCCCCCCCCCCCCCCC(=O)NC(COP(=O)([O-])OCC[N+](C)(C)C)C(O)CCCCCCCCCCCCCCCCCCCCCCCCCCCCCCCCCC. The molecule has 0 aromatic rings. The normalized spacial score (nSPS) is 13.3. The number of likely N-dealkylation sites (N-methyl/N-ethyl adjacent to an activating group) is 1.